The Morgan fingerprint density at radius 3 is 1.95 bits per heavy atom. The van der Waals surface area contributed by atoms with E-state index >= 15 is 0 Å². The maximum Gasteiger partial charge on any atom is 1.00 e. The summed E-state index contributed by atoms with van der Waals surface area (Å²) < 4.78 is 94.2. The molecule has 0 fully saturated rings. The predicted molar refractivity (Wildman–Crippen MR) is 53.2 cm³/mol. The quantitative estimate of drug-likeness (QED) is 0.275. The summed E-state index contributed by atoms with van der Waals surface area (Å²) in [5.74, 6) is -5.51. The Morgan fingerprint density at radius 2 is 1.58 bits per heavy atom. The van der Waals surface area contributed by atoms with Crippen LogP contribution in [0.3, 0.4) is 0 Å². The summed E-state index contributed by atoms with van der Waals surface area (Å²) in [6.45, 7) is 1.81. The number of rotatable bonds is 8. The summed E-state index contributed by atoms with van der Waals surface area (Å²) >= 11 is 0. The first-order valence-electron chi connectivity index (χ1n) is 5.33. The Bertz CT molecular complexity index is 361. The molecular weight excluding hydrogens is 306 g/mol. The molecule has 0 aliphatic rings. The minimum atomic E-state index is -6.61. The second-order valence-corrected chi connectivity index (χ2v) is 5.33. The number of hydrogen-bond donors (Lipinski definition) is 0. The van der Waals surface area contributed by atoms with E-state index in [1.165, 1.54) is 0 Å². The predicted octanol–water partition coefficient (Wildman–Crippen LogP) is 0.0722. The van der Waals surface area contributed by atoms with Crippen LogP contribution < -0.4 is 29.6 Å². The molecule has 0 aromatic heterocycles. The zero-order valence-electron chi connectivity index (χ0n) is 10.6. The number of unbranched alkanes of at least 4 members (excludes halogenated alkanes) is 3. The Hall–Kier alpha value is 0.560. The Kier molecular flexibility index (Phi) is 9.33. The van der Waals surface area contributed by atoms with E-state index in [0.717, 1.165) is 6.42 Å². The van der Waals surface area contributed by atoms with Crippen LogP contribution in [0.4, 0.5) is 22.0 Å². The smallest absolute Gasteiger partial charge is 0.743 e. The van der Waals surface area contributed by atoms with Gasteiger partial charge in [-0.1, -0.05) is 32.6 Å². The fourth-order valence-electron chi connectivity index (χ4n) is 1.28. The van der Waals surface area contributed by atoms with Gasteiger partial charge >= 0.3 is 40.7 Å². The van der Waals surface area contributed by atoms with Crippen molar-refractivity contribution in [2.24, 2.45) is 0 Å². The molecule has 0 radical (unpaired) electrons. The molecule has 0 aromatic rings. The molecule has 0 rings (SSSR count). The molecule has 0 saturated carbocycles. The van der Waals surface area contributed by atoms with E-state index < -0.39 is 33.9 Å². The number of alkyl halides is 5. The second-order valence-electron chi connectivity index (χ2n) is 3.91. The van der Waals surface area contributed by atoms with Crippen molar-refractivity contribution in [3.8, 4) is 0 Å². The van der Waals surface area contributed by atoms with Crippen LogP contribution in [-0.4, -0.2) is 30.3 Å². The van der Waals surface area contributed by atoms with Crippen molar-refractivity contribution in [3.63, 3.8) is 0 Å². The SMILES string of the molecule is CCCCCCC(F)C(F)(F)C(F)(F)S(=O)(=O)[O-].[Na+]. The summed E-state index contributed by atoms with van der Waals surface area (Å²) in [5.41, 5.74) is 0. The topological polar surface area (TPSA) is 57.2 Å². The van der Waals surface area contributed by atoms with Crippen molar-refractivity contribution < 1.29 is 64.5 Å². The van der Waals surface area contributed by atoms with Crippen LogP contribution >= 0.6 is 0 Å². The fraction of sp³-hybridized carbons (Fsp3) is 1.00. The standard InChI is InChI=1S/C9H15F5O3S.Na/c1-2-3-4-5-6-7(10)8(11,12)9(13,14)18(15,16)17;/h7H,2-6H2,1H3,(H,15,16,17);/q;+1/p-1. The minimum Gasteiger partial charge on any atom is -0.743 e. The van der Waals surface area contributed by atoms with Gasteiger partial charge < -0.3 is 4.55 Å². The normalized spacial score (nSPS) is 14.9. The Balaban J connectivity index is 0. The zero-order chi connectivity index (χ0) is 14.6. The zero-order valence-corrected chi connectivity index (χ0v) is 13.5. The average molecular weight is 320 g/mol. The molecule has 0 spiro atoms. The van der Waals surface area contributed by atoms with Gasteiger partial charge in [0.25, 0.3) is 0 Å². The van der Waals surface area contributed by atoms with E-state index in [4.69, 9.17) is 0 Å². The third-order valence-corrected chi connectivity index (χ3v) is 3.31. The summed E-state index contributed by atoms with van der Waals surface area (Å²) in [6.07, 6.45) is -2.65. The molecule has 10 heteroatoms. The Morgan fingerprint density at radius 1 is 1.11 bits per heavy atom. The van der Waals surface area contributed by atoms with E-state index in [2.05, 4.69) is 0 Å². The van der Waals surface area contributed by atoms with Crippen LogP contribution in [0.2, 0.25) is 0 Å². The van der Waals surface area contributed by atoms with Gasteiger partial charge in [-0.2, -0.15) is 17.6 Å². The van der Waals surface area contributed by atoms with Gasteiger partial charge in [-0.3, -0.25) is 0 Å². The molecule has 0 saturated heterocycles. The van der Waals surface area contributed by atoms with Crippen molar-refractivity contribution in [1.82, 2.24) is 0 Å². The van der Waals surface area contributed by atoms with Crippen LogP contribution in [-0.2, 0) is 10.1 Å². The second kappa shape index (κ2) is 8.11. The summed E-state index contributed by atoms with van der Waals surface area (Å²) in [4.78, 5) is 0. The van der Waals surface area contributed by atoms with E-state index in [-0.39, 0.29) is 36.0 Å². The van der Waals surface area contributed by atoms with Gasteiger partial charge in [0.15, 0.2) is 16.3 Å². The number of halogens is 5. The largest absolute Gasteiger partial charge is 1.00 e. The maximum atomic E-state index is 13.0. The molecule has 0 aromatic carbocycles. The molecule has 0 amide bonds. The fourth-order valence-corrected chi connectivity index (χ4v) is 1.74. The van der Waals surface area contributed by atoms with Gasteiger partial charge in [-0.25, -0.2) is 12.8 Å². The molecule has 19 heavy (non-hydrogen) atoms. The monoisotopic (exact) mass is 320 g/mol. The van der Waals surface area contributed by atoms with Gasteiger partial charge in [0, 0.05) is 0 Å². The van der Waals surface area contributed by atoms with Gasteiger partial charge in [0.2, 0.25) is 0 Å². The van der Waals surface area contributed by atoms with Gasteiger partial charge in [-0.05, 0) is 6.42 Å². The van der Waals surface area contributed by atoms with Crippen molar-refractivity contribution in [1.29, 1.82) is 0 Å². The average Bonchev–Trinajstić information content (AvgIpc) is 2.22. The van der Waals surface area contributed by atoms with E-state index in [1.807, 2.05) is 0 Å². The molecule has 110 valence electrons. The molecule has 3 nitrogen and oxygen atoms in total. The first-order valence-corrected chi connectivity index (χ1v) is 6.74. The molecular formula is C9H14F5NaO3S. The van der Waals surface area contributed by atoms with E-state index in [0.29, 0.717) is 12.8 Å². The molecule has 1 unspecified atom stereocenters. The van der Waals surface area contributed by atoms with Crippen LogP contribution in [0.15, 0.2) is 0 Å². The van der Waals surface area contributed by atoms with Crippen LogP contribution in [0, 0.1) is 0 Å². The van der Waals surface area contributed by atoms with Crippen LogP contribution in [0.5, 0.6) is 0 Å². The summed E-state index contributed by atoms with van der Waals surface area (Å²) in [7, 11) is -6.61. The van der Waals surface area contributed by atoms with Crippen molar-refractivity contribution in [2.45, 2.75) is 56.4 Å². The van der Waals surface area contributed by atoms with E-state index in [9.17, 15) is 34.9 Å². The van der Waals surface area contributed by atoms with Gasteiger partial charge in [0.05, 0.1) is 0 Å². The molecule has 0 aliphatic heterocycles. The molecule has 0 heterocycles. The minimum absolute atomic E-state index is 0. The summed E-state index contributed by atoms with van der Waals surface area (Å²) in [5, 5.41) is -5.94. The summed E-state index contributed by atoms with van der Waals surface area (Å²) in [6, 6.07) is 0. The molecule has 0 aliphatic carbocycles. The third-order valence-electron chi connectivity index (χ3n) is 2.41. The van der Waals surface area contributed by atoms with Gasteiger partial charge in [-0.15, -0.1) is 0 Å². The molecule has 0 N–H and O–H groups in total. The van der Waals surface area contributed by atoms with Crippen LogP contribution in [0.25, 0.3) is 0 Å². The third kappa shape index (κ3) is 5.45. The number of hydrogen-bond acceptors (Lipinski definition) is 3. The molecule has 1 atom stereocenters. The first-order chi connectivity index (χ1) is 7.98. The Labute approximate surface area is 131 Å². The van der Waals surface area contributed by atoms with Crippen LogP contribution in [0.1, 0.15) is 39.0 Å². The first kappa shape index (κ1) is 21.9. The van der Waals surface area contributed by atoms with Crippen molar-refractivity contribution in [2.75, 3.05) is 0 Å². The van der Waals surface area contributed by atoms with Crippen molar-refractivity contribution in [3.05, 3.63) is 0 Å². The van der Waals surface area contributed by atoms with Gasteiger partial charge in [0.1, 0.15) is 0 Å². The van der Waals surface area contributed by atoms with E-state index in [1.54, 1.807) is 6.92 Å². The van der Waals surface area contributed by atoms with Crippen molar-refractivity contribution >= 4 is 10.1 Å². The maximum absolute atomic E-state index is 13.0. The molecule has 0 bridgehead atoms.